The Balaban J connectivity index is 3.05. The van der Waals surface area contributed by atoms with E-state index in [1.807, 2.05) is 13.8 Å². The third-order valence-corrected chi connectivity index (χ3v) is 1.59. The van der Waals surface area contributed by atoms with Gasteiger partial charge >= 0.3 is 0 Å². The highest BCUT2D eigenvalue weighted by atomic mass is 16.1. The molecule has 0 fully saturated rings. The average molecular weight is 155 g/mol. The molecule has 0 aromatic carbocycles. The molecule has 0 saturated heterocycles. The molecular weight excluding hydrogens is 142 g/mol. The number of hydrogen-bond acceptors (Lipinski definition) is 2. The van der Waals surface area contributed by atoms with Crippen LogP contribution in [-0.4, -0.2) is 9.78 Å². The van der Waals surface area contributed by atoms with Gasteiger partial charge in [-0.3, -0.25) is 14.6 Å². The first-order valence-corrected chi connectivity index (χ1v) is 3.65. The summed E-state index contributed by atoms with van der Waals surface area (Å²) in [4.78, 5) is 11.0. The van der Waals surface area contributed by atoms with Gasteiger partial charge in [-0.2, -0.15) is 0 Å². The van der Waals surface area contributed by atoms with Crippen LogP contribution in [0.15, 0.2) is 11.0 Å². The molecule has 0 aliphatic carbocycles. The van der Waals surface area contributed by atoms with E-state index in [0.717, 1.165) is 0 Å². The summed E-state index contributed by atoms with van der Waals surface area (Å²) in [5.41, 5.74) is 5.89. The second-order valence-corrected chi connectivity index (χ2v) is 2.80. The molecule has 0 unspecified atom stereocenters. The maximum absolute atomic E-state index is 11.0. The van der Waals surface area contributed by atoms with Crippen LogP contribution in [-0.2, 0) is 6.54 Å². The molecule has 1 rings (SSSR count). The third-order valence-electron chi connectivity index (χ3n) is 1.59. The minimum absolute atomic E-state index is 0.0822. The fourth-order valence-corrected chi connectivity index (χ4v) is 0.871. The summed E-state index contributed by atoms with van der Waals surface area (Å²) in [6.45, 7) is 4.29. The molecule has 3 N–H and O–H groups in total. The van der Waals surface area contributed by atoms with E-state index in [0.29, 0.717) is 12.1 Å². The molecule has 1 heterocycles. The van der Waals surface area contributed by atoms with Crippen molar-refractivity contribution in [3.63, 3.8) is 0 Å². The fraction of sp³-hybridized carbons (Fsp3) is 0.571. The number of aromatic amines is 1. The standard InChI is InChI=1S/C7H13N3O/c1-5(2)10-4-6(3-8)7(11)9-10/h4-5H,3,8H2,1-2H3,(H,9,11). The van der Waals surface area contributed by atoms with Crippen molar-refractivity contribution in [3.05, 3.63) is 22.1 Å². The SMILES string of the molecule is CC(C)n1cc(CN)c(=O)[nH]1. The highest BCUT2D eigenvalue weighted by Crippen LogP contribution is 2.00. The Labute approximate surface area is 65.0 Å². The van der Waals surface area contributed by atoms with E-state index in [-0.39, 0.29) is 11.6 Å². The molecule has 11 heavy (non-hydrogen) atoms. The molecule has 1 aromatic heterocycles. The third kappa shape index (κ3) is 1.51. The Kier molecular flexibility index (Phi) is 2.14. The van der Waals surface area contributed by atoms with Crippen LogP contribution < -0.4 is 11.3 Å². The van der Waals surface area contributed by atoms with Crippen molar-refractivity contribution < 1.29 is 0 Å². The molecule has 0 amide bonds. The first kappa shape index (κ1) is 8.07. The van der Waals surface area contributed by atoms with Gasteiger partial charge in [0.15, 0.2) is 0 Å². The van der Waals surface area contributed by atoms with Crippen LogP contribution in [0.3, 0.4) is 0 Å². The van der Waals surface area contributed by atoms with E-state index >= 15 is 0 Å². The Morgan fingerprint density at radius 3 is 2.64 bits per heavy atom. The highest BCUT2D eigenvalue weighted by molar-refractivity contribution is 5.03. The molecule has 4 nitrogen and oxygen atoms in total. The Morgan fingerprint density at radius 1 is 1.73 bits per heavy atom. The lowest BCUT2D eigenvalue weighted by Gasteiger charge is -2.03. The Morgan fingerprint density at radius 2 is 2.36 bits per heavy atom. The van der Waals surface area contributed by atoms with Crippen molar-refractivity contribution in [3.8, 4) is 0 Å². The van der Waals surface area contributed by atoms with Gasteiger partial charge in [-0.1, -0.05) is 0 Å². The summed E-state index contributed by atoms with van der Waals surface area (Å²) in [5.74, 6) is 0. The van der Waals surface area contributed by atoms with Crippen LogP contribution in [0.1, 0.15) is 25.5 Å². The number of H-pyrrole nitrogens is 1. The van der Waals surface area contributed by atoms with E-state index in [9.17, 15) is 4.79 Å². The molecule has 0 aliphatic heterocycles. The summed E-state index contributed by atoms with van der Waals surface area (Å²) in [5, 5.41) is 2.68. The molecule has 0 aliphatic rings. The average Bonchev–Trinajstić information content (AvgIpc) is 2.31. The number of nitrogens with one attached hydrogen (secondary N) is 1. The maximum Gasteiger partial charge on any atom is 0.268 e. The fourth-order valence-electron chi connectivity index (χ4n) is 0.871. The lowest BCUT2D eigenvalue weighted by molar-refractivity contribution is 0.528. The van der Waals surface area contributed by atoms with Crippen molar-refractivity contribution in [2.45, 2.75) is 26.4 Å². The second-order valence-electron chi connectivity index (χ2n) is 2.80. The van der Waals surface area contributed by atoms with Gasteiger partial charge in [-0.25, -0.2) is 0 Å². The minimum Gasteiger partial charge on any atom is -0.326 e. The van der Waals surface area contributed by atoms with E-state index in [4.69, 9.17) is 5.73 Å². The summed E-state index contributed by atoms with van der Waals surface area (Å²) >= 11 is 0. The lowest BCUT2D eigenvalue weighted by Crippen LogP contribution is -2.11. The van der Waals surface area contributed by atoms with Crippen molar-refractivity contribution in [1.29, 1.82) is 0 Å². The van der Waals surface area contributed by atoms with Gasteiger partial charge in [0.1, 0.15) is 0 Å². The molecule has 1 aromatic rings. The van der Waals surface area contributed by atoms with Crippen molar-refractivity contribution in [1.82, 2.24) is 9.78 Å². The van der Waals surface area contributed by atoms with E-state index in [1.54, 1.807) is 10.9 Å². The van der Waals surface area contributed by atoms with Crippen molar-refractivity contribution in [2.75, 3.05) is 0 Å². The quantitative estimate of drug-likeness (QED) is 0.641. The first-order valence-electron chi connectivity index (χ1n) is 3.65. The van der Waals surface area contributed by atoms with Gasteiger partial charge < -0.3 is 5.73 Å². The van der Waals surface area contributed by atoms with Crippen molar-refractivity contribution >= 4 is 0 Å². The van der Waals surface area contributed by atoms with Crippen LogP contribution in [0.4, 0.5) is 0 Å². The first-order chi connectivity index (χ1) is 5.15. The summed E-state index contributed by atoms with van der Waals surface area (Å²) in [7, 11) is 0. The molecular formula is C7H13N3O. The number of aromatic nitrogens is 2. The van der Waals surface area contributed by atoms with E-state index in [2.05, 4.69) is 5.10 Å². The highest BCUT2D eigenvalue weighted by Gasteiger charge is 2.02. The van der Waals surface area contributed by atoms with Gasteiger partial charge in [-0.05, 0) is 13.8 Å². The molecule has 0 bridgehead atoms. The van der Waals surface area contributed by atoms with Crippen molar-refractivity contribution in [2.24, 2.45) is 5.73 Å². The number of hydrogen-bond donors (Lipinski definition) is 2. The number of rotatable bonds is 2. The van der Waals surface area contributed by atoms with Crippen LogP contribution in [0.2, 0.25) is 0 Å². The molecule has 4 heteroatoms. The molecule has 0 spiro atoms. The summed E-state index contributed by atoms with van der Waals surface area (Å²) in [6, 6.07) is 0.281. The minimum atomic E-state index is -0.0822. The smallest absolute Gasteiger partial charge is 0.268 e. The zero-order valence-corrected chi connectivity index (χ0v) is 6.79. The summed E-state index contributed by atoms with van der Waals surface area (Å²) in [6.07, 6.45) is 1.76. The molecule has 0 radical (unpaired) electrons. The second kappa shape index (κ2) is 2.92. The monoisotopic (exact) mass is 155 g/mol. The van der Waals surface area contributed by atoms with Gasteiger partial charge in [-0.15, -0.1) is 0 Å². The van der Waals surface area contributed by atoms with Crippen LogP contribution in [0.25, 0.3) is 0 Å². The van der Waals surface area contributed by atoms with Gasteiger partial charge in [0.05, 0.1) is 5.56 Å². The Bertz CT molecular complexity index is 284. The Hall–Kier alpha value is -1.03. The summed E-state index contributed by atoms with van der Waals surface area (Å²) < 4.78 is 1.75. The van der Waals surface area contributed by atoms with Gasteiger partial charge in [0.25, 0.3) is 5.56 Å². The zero-order chi connectivity index (χ0) is 8.43. The molecule has 0 atom stereocenters. The largest absolute Gasteiger partial charge is 0.326 e. The number of nitrogens with two attached hydrogens (primary N) is 1. The van der Waals surface area contributed by atoms with E-state index < -0.39 is 0 Å². The molecule has 0 saturated carbocycles. The maximum atomic E-state index is 11.0. The lowest BCUT2D eigenvalue weighted by atomic mass is 10.3. The van der Waals surface area contributed by atoms with Crippen LogP contribution >= 0.6 is 0 Å². The predicted octanol–water partition coefficient (Wildman–Crippen LogP) is 0.216. The topological polar surface area (TPSA) is 63.8 Å². The van der Waals surface area contributed by atoms with Gasteiger partial charge in [0, 0.05) is 18.8 Å². The molecule has 62 valence electrons. The van der Waals surface area contributed by atoms with Crippen LogP contribution in [0, 0.1) is 0 Å². The predicted molar refractivity (Wildman–Crippen MR) is 43.3 cm³/mol. The van der Waals surface area contributed by atoms with Gasteiger partial charge in [0.2, 0.25) is 0 Å². The normalized spacial score (nSPS) is 10.9. The zero-order valence-electron chi connectivity index (χ0n) is 6.79. The van der Waals surface area contributed by atoms with Crippen LogP contribution in [0.5, 0.6) is 0 Å². The number of nitrogens with zero attached hydrogens (tertiary/aromatic N) is 1. The van der Waals surface area contributed by atoms with E-state index in [1.165, 1.54) is 0 Å².